The first kappa shape index (κ1) is 12.6. The molecule has 0 amide bonds. The second-order valence-corrected chi connectivity index (χ2v) is 4.18. The van der Waals surface area contributed by atoms with E-state index < -0.39 is 0 Å². The summed E-state index contributed by atoms with van der Waals surface area (Å²) in [4.78, 5) is 5.36. The quantitative estimate of drug-likeness (QED) is 0.626. The molecule has 2 N–H and O–H groups in total. The fraction of sp³-hybridized carbons (Fsp3) is 0.200. The maximum absolute atomic E-state index is 9.82. The SMILES string of the molecule is Cc1cccc(CNOCc2ccccc2)c1O. The average Bonchev–Trinajstić information content (AvgIpc) is 2.40. The molecule has 0 heterocycles. The molecule has 0 bridgehead atoms. The van der Waals surface area contributed by atoms with Gasteiger partial charge in [-0.2, -0.15) is 5.48 Å². The number of phenols is 1. The van der Waals surface area contributed by atoms with E-state index in [-0.39, 0.29) is 0 Å². The molecule has 0 unspecified atom stereocenters. The van der Waals surface area contributed by atoms with Gasteiger partial charge in [-0.15, -0.1) is 0 Å². The Morgan fingerprint density at radius 3 is 2.61 bits per heavy atom. The highest BCUT2D eigenvalue weighted by molar-refractivity contribution is 5.39. The summed E-state index contributed by atoms with van der Waals surface area (Å²) in [5, 5.41) is 9.82. The van der Waals surface area contributed by atoms with Crippen LogP contribution >= 0.6 is 0 Å². The third kappa shape index (κ3) is 3.32. The minimum absolute atomic E-state index is 0.327. The molecule has 0 saturated carbocycles. The number of rotatable bonds is 5. The third-order valence-corrected chi connectivity index (χ3v) is 2.77. The molecule has 3 heteroatoms. The van der Waals surface area contributed by atoms with Gasteiger partial charge in [0.2, 0.25) is 0 Å². The number of hydrogen-bond donors (Lipinski definition) is 2. The Morgan fingerprint density at radius 1 is 1.06 bits per heavy atom. The van der Waals surface area contributed by atoms with E-state index in [2.05, 4.69) is 5.48 Å². The van der Waals surface area contributed by atoms with Gasteiger partial charge in [0.25, 0.3) is 0 Å². The van der Waals surface area contributed by atoms with Gasteiger partial charge in [0.15, 0.2) is 0 Å². The van der Waals surface area contributed by atoms with Crippen LogP contribution in [0.2, 0.25) is 0 Å². The third-order valence-electron chi connectivity index (χ3n) is 2.77. The van der Waals surface area contributed by atoms with Crippen molar-refractivity contribution in [2.45, 2.75) is 20.1 Å². The molecule has 0 aliphatic rings. The number of nitrogens with one attached hydrogen (secondary N) is 1. The van der Waals surface area contributed by atoms with Crippen molar-refractivity contribution in [1.82, 2.24) is 5.48 Å². The summed E-state index contributed by atoms with van der Waals surface area (Å²) < 4.78 is 0. The Labute approximate surface area is 107 Å². The molecule has 0 aliphatic carbocycles. The molecule has 2 rings (SSSR count). The van der Waals surface area contributed by atoms with Crippen LogP contribution in [0.5, 0.6) is 5.75 Å². The van der Waals surface area contributed by atoms with Crippen LogP contribution < -0.4 is 5.48 Å². The fourth-order valence-corrected chi connectivity index (χ4v) is 1.70. The fourth-order valence-electron chi connectivity index (χ4n) is 1.70. The molecule has 0 aromatic heterocycles. The Kier molecular flexibility index (Phi) is 4.34. The smallest absolute Gasteiger partial charge is 0.123 e. The van der Waals surface area contributed by atoms with Gasteiger partial charge in [-0.05, 0) is 18.1 Å². The van der Waals surface area contributed by atoms with Crippen LogP contribution in [0.4, 0.5) is 0 Å². The van der Waals surface area contributed by atoms with Gasteiger partial charge in [-0.25, -0.2) is 0 Å². The van der Waals surface area contributed by atoms with E-state index in [1.54, 1.807) is 0 Å². The van der Waals surface area contributed by atoms with Crippen LogP contribution in [-0.4, -0.2) is 5.11 Å². The lowest BCUT2D eigenvalue weighted by molar-refractivity contribution is 0.0231. The van der Waals surface area contributed by atoms with E-state index >= 15 is 0 Å². The first-order valence-electron chi connectivity index (χ1n) is 5.93. The summed E-state index contributed by atoms with van der Waals surface area (Å²) in [5.74, 6) is 0.327. The minimum Gasteiger partial charge on any atom is -0.507 e. The lowest BCUT2D eigenvalue weighted by atomic mass is 10.1. The number of hydroxylamine groups is 1. The Hall–Kier alpha value is -1.84. The monoisotopic (exact) mass is 243 g/mol. The van der Waals surface area contributed by atoms with E-state index in [4.69, 9.17) is 4.84 Å². The summed E-state index contributed by atoms with van der Waals surface area (Å²) in [5.41, 5.74) is 5.68. The number of aryl methyl sites for hydroxylation is 1. The molecule has 3 nitrogen and oxygen atoms in total. The zero-order chi connectivity index (χ0) is 12.8. The summed E-state index contributed by atoms with van der Waals surface area (Å²) in [6.07, 6.45) is 0. The predicted octanol–water partition coefficient (Wildman–Crippen LogP) is 2.92. The van der Waals surface area contributed by atoms with E-state index in [1.807, 2.05) is 55.5 Å². The first-order valence-corrected chi connectivity index (χ1v) is 5.93. The van der Waals surface area contributed by atoms with Gasteiger partial charge >= 0.3 is 0 Å². The standard InChI is InChI=1S/C15H17NO2/c1-12-6-5-9-14(15(12)17)10-16-18-11-13-7-3-2-4-8-13/h2-9,16-17H,10-11H2,1H3. The van der Waals surface area contributed by atoms with Crippen molar-refractivity contribution in [3.05, 3.63) is 65.2 Å². The molecule has 2 aromatic rings. The maximum atomic E-state index is 9.82. The first-order chi connectivity index (χ1) is 8.77. The molecule has 0 fully saturated rings. The highest BCUT2D eigenvalue weighted by Crippen LogP contribution is 2.20. The zero-order valence-corrected chi connectivity index (χ0v) is 10.4. The highest BCUT2D eigenvalue weighted by Gasteiger charge is 2.02. The molecular weight excluding hydrogens is 226 g/mol. The van der Waals surface area contributed by atoms with E-state index in [9.17, 15) is 5.11 Å². The largest absolute Gasteiger partial charge is 0.507 e. The molecule has 0 spiro atoms. The van der Waals surface area contributed by atoms with Crippen molar-refractivity contribution in [2.24, 2.45) is 0 Å². The van der Waals surface area contributed by atoms with Crippen molar-refractivity contribution < 1.29 is 9.94 Å². The topological polar surface area (TPSA) is 41.5 Å². The predicted molar refractivity (Wildman–Crippen MR) is 70.9 cm³/mol. The van der Waals surface area contributed by atoms with Gasteiger partial charge < -0.3 is 5.11 Å². The van der Waals surface area contributed by atoms with Crippen LogP contribution in [0.15, 0.2) is 48.5 Å². The molecule has 0 atom stereocenters. The van der Waals surface area contributed by atoms with Crippen molar-refractivity contribution >= 4 is 0 Å². The van der Waals surface area contributed by atoms with Gasteiger partial charge in [-0.3, -0.25) is 4.84 Å². The van der Waals surface area contributed by atoms with Crippen molar-refractivity contribution in [2.75, 3.05) is 0 Å². The lowest BCUT2D eigenvalue weighted by Crippen LogP contribution is -2.14. The summed E-state index contributed by atoms with van der Waals surface area (Å²) >= 11 is 0. The van der Waals surface area contributed by atoms with Crippen LogP contribution in [0.1, 0.15) is 16.7 Å². The summed E-state index contributed by atoms with van der Waals surface area (Å²) in [7, 11) is 0. The minimum atomic E-state index is 0.327. The Bertz CT molecular complexity index is 497. The number of benzene rings is 2. The van der Waals surface area contributed by atoms with E-state index in [0.29, 0.717) is 18.9 Å². The van der Waals surface area contributed by atoms with Gasteiger partial charge in [0.1, 0.15) is 5.75 Å². The second kappa shape index (κ2) is 6.19. The van der Waals surface area contributed by atoms with Crippen molar-refractivity contribution in [3.63, 3.8) is 0 Å². The van der Waals surface area contributed by atoms with Crippen LogP contribution in [-0.2, 0) is 18.0 Å². The van der Waals surface area contributed by atoms with Gasteiger partial charge in [0, 0.05) is 12.1 Å². The zero-order valence-electron chi connectivity index (χ0n) is 10.4. The van der Waals surface area contributed by atoms with E-state index in [0.717, 1.165) is 16.7 Å². The number of aromatic hydroxyl groups is 1. The second-order valence-electron chi connectivity index (χ2n) is 4.18. The highest BCUT2D eigenvalue weighted by atomic mass is 16.6. The van der Waals surface area contributed by atoms with Crippen LogP contribution in [0, 0.1) is 6.92 Å². The molecular formula is C15H17NO2. The van der Waals surface area contributed by atoms with Gasteiger partial charge in [-0.1, -0.05) is 48.5 Å². The average molecular weight is 243 g/mol. The van der Waals surface area contributed by atoms with Crippen molar-refractivity contribution in [3.8, 4) is 5.75 Å². The Morgan fingerprint density at radius 2 is 1.83 bits per heavy atom. The summed E-state index contributed by atoms with van der Waals surface area (Å²) in [6, 6.07) is 15.6. The normalized spacial score (nSPS) is 10.5. The molecule has 18 heavy (non-hydrogen) atoms. The Balaban J connectivity index is 1.81. The molecule has 94 valence electrons. The van der Waals surface area contributed by atoms with Gasteiger partial charge in [0.05, 0.1) is 6.61 Å². The van der Waals surface area contributed by atoms with Crippen LogP contribution in [0.3, 0.4) is 0 Å². The van der Waals surface area contributed by atoms with Crippen LogP contribution in [0.25, 0.3) is 0 Å². The number of para-hydroxylation sites is 1. The van der Waals surface area contributed by atoms with Crippen molar-refractivity contribution in [1.29, 1.82) is 0 Å². The number of hydrogen-bond acceptors (Lipinski definition) is 3. The molecule has 0 radical (unpaired) electrons. The summed E-state index contributed by atoms with van der Waals surface area (Å²) in [6.45, 7) is 2.87. The lowest BCUT2D eigenvalue weighted by Gasteiger charge is -2.09. The van der Waals surface area contributed by atoms with E-state index in [1.165, 1.54) is 0 Å². The maximum Gasteiger partial charge on any atom is 0.123 e. The molecule has 2 aromatic carbocycles. The molecule has 0 aliphatic heterocycles. The molecule has 0 saturated heterocycles. The number of phenolic OH excluding ortho intramolecular Hbond substituents is 1.